The molecule has 70 heavy (non-hydrogen) atoms. The average Bonchev–Trinajstić information content (AvgIpc) is 3.98. The lowest BCUT2D eigenvalue weighted by molar-refractivity contribution is -0.260. The predicted molar refractivity (Wildman–Crippen MR) is 243 cm³/mol. The first kappa shape index (κ1) is 52.6. The molecule has 0 radical (unpaired) electrons. The van der Waals surface area contributed by atoms with Crippen molar-refractivity contribution in [3.8, 4) is 5.75 Å². The van der Waals surface area contributed by atoms with Crippen molar-refractivity contribution in [2.75, 3.05) is 40.0 Å². The third-order valence-electron chi connectivity index (χ3n) is 12.5. The molecule has 0 aromatic heterocycles. The van der Waals surface area contributed by atoms with Crippen LogP contribution < -0.4 is 53.4 Å². The summed E-state index contributed by atoms with van der Waals surface area (Å²) in [6.07, 6.45) is -13.3. The topological polar surface area (TPSA) is 427 Å². The fraction of sp³-hybridized carbons (Fsp3) is 0.535. The monoisotopic (exact) mass is 984 g/mol. The van der Waals surface area contributed by atoms with Gasteiger partial charge in [-0.3, -0.25) is 38.8 Å². The zero-order chi connectivity index (χ0) is 51.0. The number of nitrogens with two attached hydrogens (primary N) is 2. The van der Waals surface area contributed by atoms with E-state index in [1.807, 2.05) is 0 Å². The van der Waals surface area contributed by atoms with Crippen molar-refractivity contribution >= 4 is 47.4 Å². The Kier molecular flexibility index (Phi) is 17.5. The summed E-state index contributed by atoms with van der Waals surface area (Å²) in [5.74, 6) is -7.55. The molecule has 382 valence electrons. The van der Waals surface area contributed by atoms with Crippen molar-refractivity contribution in [1.82, 2.24) is 42.1 Å². The van der Waals surface area contributed by atoms with Gasteiger partial charge in [0.05, 0.1) is 52.0 Å². The first-order valence-corrected chi connectivity index (χ1v) is 22.3. The van der Waals surface area contributed by atoms with Crippen molar-refractivity contribution in [3.63, 3.8) is 0 Å². The van der Waals surface area contributed by atoms with Crippen LogP contribution in [0.15, 0.2) is 64.6 Å². The number of nitrogens with one attached hydrogen (secondary N) is 7. The minimum atomic E-state index is -2.24. The molecule has 0 bridgehead atoms. The molecule has 18 N–H and O–H groups in total. The molecule has 0 spiro atoms. The number of rotatable bonds is 12. The smallest absolute Gasteiger partial charge is 0.246 e. The Morgan fingerprint density at radius 2 is 1.34 bits per heavy atom. The minimum Gasteiger partial charge on any atom is -0.497 e. The van der Waals surface area contributed by atoms with Crippen LogP contribution in [0.2, 0.25) is 0 Å². The Morgan fingerprint density at radius 1 is 0.714 bits per heavy atom. The van der Waals surface area contributed by atoms with Gasteiger partial charge in [-0.25, -0.2) is 0 Å². The van der Waals surface area contributed by atoms with Crippen molar-refractivity contribution in [2.45, 2.75) is 104 Å². The maximum absolute atomic E-state index is 14.7. The van der Waals surface area contributed by atoms with Crippen molar-refractivity contribution in [2.24, 2.45) is 21.5 Å². The summed E-state index contributed by atoms with van der Waals surface area (Å²) >= 11 is 0. The fourth-order valence-corrected chi connectivity index (χ4v) is 8.47. The zero-order valence-electron chi connectivity index (χ0n) is 38.0. The molecule has 2 aromatic rings. The molecule has 0 aliphatic carbocycles. The third kappa shape index (κ3) is 12.0. The summed E-state index contributed by atoms with van der Waals surface area (Å²) in [4.78, 5) is 94.4. The molecule has 27 heteroatoms. The van der Waals surface area contributed by atoms with Crippen LogP contribution in [-0.4, -0.2) is 213 Å². The normalized spacial score (nSPS) is 31.9. The van der Waals surface area contributed by atoms with Crippen LogP contribution in [0.25, 0.3) is 0 Å². The van der Waals surface area contributed by atoms with Gasteiger partial charge in [-0.15, -0.1) is 0 Å². The number of methoxy groups -OCH3 is 1. The summed E-state index contributed by atoms with van der Waals surface area (Å²) in [5.41, 5.74) is 13.1. The molecule has 2 saturated heterocycles. The van der Waals surface area contributed by atoms with Gasteiger partial charge in [-0.05, 0) is 23.3 Å². The minimum absolute atomic E-state index is 0.130. The highest BCUT2D eigenvalue weighted by atomic mass is 16.6. The molecule has 10 unspecified atom stereocenters. The average molecular weight is 985 g/mol. The maximum Gasteiger partial charge on any atom is 0.246 e. The summed E-state index contributed by atoms with van der Waals surface area (Å²) in [7, 11) is 1.45. The summed E-state index contributed by atoms with van der Waals surface area (Å²) in [6, 6.07) is 3.11. The Labute approximate surface area is 400 Å². The lowest BCUT2D eigenvalue weighted by Gasteiger charge is -2.46. The first-order valence-electron chi connectivity index (χ1n) is 22.3. The number of carbonyl (C=O) groups excluding carboxylic acids is 6. The summed E-state index contributed by atoms with van der Waals surface area (Å²) < 4.78 is 10.9. The lowest BCUT2D eigenvalue weighted by Crippen LogP contribution is -2.70. The second-order valence-corrected chi connectivity index (χ2v) is 17.1. The van der Waals surface area contributed by atoms with Crippen LogP contribution in [0.5, 0.6) is 5.75 Å². The number of aliphatic hydroxyl groups excluding tert-OH is 7. The molecule has 2 aromatic carbocycles. The Morgan fingerprint density at radius 3 is 1.97 bits per heavy atom. The molecule has 4 aliphatic rings. The van der Waals surface area contributed by atoms with E-state index in [2.05, 4.69) is 47.2 Å². The second kappa shape index (κ2) is 23.3. The summed E-state index contributed by atoms with van der Waals surface area (Å²) in [6.45, 7) is -1.83. The molecule has 6 rings (SSSR count). The van der Waals surface area contributed by atoms with Gasteiger partial charge >= 0.3 is 0 Å². The number of hydrogen-bond donors (Lipinski definition) is 16. The highest BCUT2D eigenvalue weighted by Gasteiger charge is 2.52. The third-order valence-corrected chi connectivity index (χ3v) is 12.5. The van der Waals surface area contributed by atoms with Crippen LogP contribution in [0.1, 0.15) is 24.0 Å². The molecular formula is C43H60N12O15. The first-order chi connectivity index (χ1) is 33.4. The second-order valence-electron chi connectivity index (χ2n) is 17.1. The molecule has 4 aliphatic heterocycles. The number of aliphatic hydroxyl groups is 7. The molecule has 15 atom stereocenters. The number of carbonyl (C=O) groups is 6. The van der Waals surface area contributed by atoms with Crippen LogP contribution in [-0.2, 0) is 39.9 Å². The zero-order valence-corrected chi connectivity index (χ0v) is 38.0. The largest absolute Gasteiger partial charge is 0.497 e. The van der Waals surface area contributed by atoms with E-state index in [9.17, 15) is 64.5 Å². The number of guanidine groups is 2. The predicted octanol–water partition coefficient (Wildman–Crippen LogP) is -8.61. The SMILES string of the molecule is COc1ccc(CC2NC(=O)C(C(C)c3ccccc3)NC(=O)CNC(=O)C(CO)NC(=O)C(C(O)C3CN=C(N)N3[C@H]3O[C@H](CO)[C@@H](O)[C@H](O)[C@@H]3O)NC(=O)C(C(O)C3CN=C(N)N3)NC2=O)cc1. The number of hydrogen-bond acceptors (Lipinski definition) is 21. The Hall–Kier alpha value is -6.72. The molecule has 0 saturated carbocycles. The van der Waals surface area contributed by atoms with E-state index in [4.69, 9.17) is 20.9 Å². The highest BCUT2D eigenvalue weighted by molar-refractivity contribution is 5.98. The fourth-order valence-electron chi connectivity index (χ4n) is 8.47. The van der Waals surface area contributed by atoms with E-state index in [0.717, 1.165) is 4.90 Å². The number of nitrogens with zero attached hydrogens (tertiary/aromatic N) is 3. The van der Waals surface area contributed by atoms with Gasteiger partial charge < -0.3 is 98.8 Å². The Balaban J connectivity index is 1.41. The standard InChI is InChI=1S/C43H60N12O15/c1-18(20-6-4-3-5-7-20)28-38(66)49-22(12-19-8-10-21(69-2)11-9-19)37(65)53-29(31(59)23-13-47-42(44)51-23)40(68)54-30(39(67)50-24(16-56)36(64)46-15-27(58)52-28)32(60)25-14-48-43(45)55(25)41-35(63)34(62)33(61)26(17-57)70-41/h3-11,18,22-26,28-35,41,56-57,59-63H,12-17H2,1-2H3,(H2,45,48)(H,46,64)(H,49,66)(H,50,67)(H,52,58)(H,53,65)(H,54,68)(H3,44,47,51)/t18?,22?,23?,24?,25?,26-,28?,29?,30?,31?,32?,33-,34+,35+,41+/m1/s1. The van der Waals surface area contributed by atoms with Gasteiger partial charge in [0.25, 0.3) is 0 Å². The van der Waals surface area contributed by atoms with E-state index in [1.54, 1.807) is 61.5 Å². The number of aliphatic imine (C=N–C) groups is 2. The van der Waals surface area contributed by atoms with Gasteiger partial charge in [-0.1, -0.05) is 49.4 Å². The number of amides is 6. The highest BCUT2D eigenvalue weighted by Crippen LogP contribution is 2.29. The van der Waals surface area contributed by atoms with E-state index in [-0.39, 0.29) is 18.9 Å². The Bertz CT molecular complexity index is 2260. The van der Waals surface area contributed by atoms with Crippen molar-refractivity contribution < 1.29 is 74.0 Å². The number of ether oxygens (including phenoxy) is 2. The van der Waals surface area contributed by atoms with Gasteiger partial charge in [0, 0.05) is 12.3 Å². The van der Waals surface area contributed by atoms with Crippen LogP contribution in [0, 0.1) is 0 Å². The van der Waals surface area contributed by atoms with Crippen LogP contribution in [0.3, 0.4) is 0 Å². The van der Waals surface area contributed by atoms with Crippen molar-refractivity contribution in [1.29, 1.82) is 0 Å². The lowest BCUT2D eigenvalue weighted by atomic mass is 9.92. The van der Waals surface area contributed by atoms with Gasteiger partial charge in [0.2, 0.25) is 35.4 Å². The van der Waals surface area contributed by atoms with Gasteiger partial charge in [0.15, 0.2) is 18.1 Å². The van der Waals surface area contributed by atoms with Crippen LogP contribution >= 0.6 is 0 Å². The quantitative estimate of drug-likeness (QED) is 0.0939. The van der Waals surface area contributed by atoms with Crippen molar-refractivity contribution in [3.05, 3.63) is 65.7 Å². The maximum atomic E-state index is 14.7. The summed E-state index contributed by atoms with van der Waals surface area (Å²) in [5, 5.41) is 93.5. The van der Waals surface area contributed by atoms with E-state index in [1.165, 1.54) is 7.11 Å². The van der Waals surface area contributed by atoms with Crippen LogP contribution in [0.4, 0.5) is 0 Å². The van der Waals surface area contributed by atoms with Gasteiger partial charge in [-0.2, -0.15) is 0 Å². The van der Waals surface area contributed by atoms with E-state index < -0.39 is 159 Å². The molecule has 6 amide bonds. The molecular weight excluding hydrogens is 925 g/mol. The van der Waals surface area contributed by atoms with E-state index in [0.29, 0.717) is 16.9 Å². The molecule has 27 nitrogen and oxygen atoms in total. The molecule has 4 heterocycles. The molecule has 2 fully saturated rings. The van der Waals surface area contributed by atoms with E-state index >= 15 is 0 Å². The number of benzene rings is 2. The van der Waals surface area contributed by atoms with Gasteiger partial charge in [0.1, 0.15) is 72.6 Å².